The van der Waals surface area contributed by atoms with Crippen LogP contribution >= 0.6 is 0 Å². The van der Waals surface area contributed by atoms with Gasteiger partial charge in [0.05, 0.1) is 7.11 Å². The number of aromatic nitrogens is 2. The predicted molar refractivity (Wildman–Crippen MR) is 95.9 cm³/mol. The lowest BCUT2D eigenvalue weighted by molar-refractivity contribution is -0.119. The highest BCUT2D eigenvalue weighted by Gasteiger charge is 2.24. The molecule has 1 aromatic carbocycles. The van der Waals surface area contributed by atoms with E-state index in [-0.39, 0.29) is 22.4 Å². The van der Waals surface area contributed by atoms with Crippen molar-refractivity contribution in [3.05, 3.63) is 52.3 Å². The number of fused-ring (bicyclic) bond motifs is 1. The Morgan fingerprint density at radius 2 is 1.96 bits per heavy atom. The molecule has 0 unspecified atom stereocenters. The first-order valence-corrected chi connectivity index (χ1v) is 7.96. The van der Waals surface area contributed by atoms with Crippen LogP contribution in [0.4, 0.5) is 5.69 Å². The van der Waals surface area contributed by atoms with Crippen molar-refractivity contribution in [2.45, 2.75) is 6.92 Å². The van der Waals surface area contributed by atoms with Gasteiger partial charge in [-0.15, -0.1) is 0 Å². The van der Waals surface area contributed by atoms with E-state index >= 15 is 0 Å². The standard InChI is InChI=1S/C18H17N3O6/c1-10-14(15-16(27-10)19-9-21(2)17(15)23)18(24)26-8-13(22)20-11-4-6-12(25-3)7-5-11/h4-7,9H,8H2,1-3H3,(H,20,22). The largest absolute Gasteiger partial charge is 0.497 e. The third-order valence-corrected chi connectivity index (χ3v) is 3.86. The first-order chi connectivity index (χ1) is 12.9. The number of nitrogens with one attached hydrogen (secondary N) is 1. The number of carbonyl (C=O) groups excluding carboxylic acids is 2. The van der Waals surface area contributed by atoms with Crippen LogP contribution in [0, 0.1) is 6.92 Å². The van der Waals surface area contributed by atoms with Crippen LogP contribution in [0.3, 0.4) is 0 Å². The number of carbonyl (C=O) groups is 2. The molecule has 0 aliphatic rings. The lowest BCUT2D eigenvalue weighted by atomic mass is 10.2. The summed E-state index contributed by atoms with van der Waals surface area (Å²) in [5.41, 5.74) is 0.104. The summed E-state index contributed by atoms with van der Waals surface area (Å²) in [5.74, 6) is -0.510. The van der Waals surface area contributed by atoms with E-state index in [0.717, 1.165) is 0 Å². The first kappa shape index (κ1) is 18.2. The lowest BCUT2D eigenvalue weighted by Gasteiger charge is -2.07. The number of furan rings is 1. The highest BCUT2D eigenvalue weighted by Crippen LogP contribution is 2.21. The van der Waals surface area contributed by atoms with Gasteiger partial charge in [0.2, 0.25) is 5.71 Å². The van der Waals surface area contributed by atoms with Crippen LogP contribution in [-0.4, -0.2) is 35.1 Å². The van der Waals surface area contributed by atoms with Gasteiger partial charge in [-0.1, -0.05) is 0 Å². The summed E-state index contributed by atoms with van der Waals surface area (Å²) in [7, 11) is 3.05. The predicted octanol–water partition coefficient (Wildman–Crippen LogP) is 1.64. The number of nitrogens with zero attached hydrogens (tertiary/aromatic N) is 2. The van der Waals surface area contributed by atoms with Gasteiger partial charge in [-0.05, 0) is 31.2 Å². The van der Waals surface area contributed by atoms with Crippen molar-refractivity contribution >= 4 is 28.7 Å². The quantitative estimate of drug-likeness (QED) is 0.678. The van der Waals surface area contributed by atoms with Crippen LogP contribution in [-0.2, 0) is 16.6 Å². The number of hydrogen-bond donors (Lipinski definition) is 1. The van der Waals surface area contributed by atoms with Gasteiger partial charge in [0.15, 0.2) is 6.61 Å². The number of ether oxygens (including phenoxy) is 2. The highest BCUT2D eigenvalue weighted by molar-refractivity contribution is 6.04. The van der Waals surface area contributed by atoms with Crippen molar-refractivity contribution in [1.29, 1.82) is 0 Å². The second kappa shape index (κ2) is 7.32. The molecule has 1 amide bonds. The molecular weight excluding hydrogens is 354 g/mol. The Labute approximate surface area is 153 Å². The van der Waals surface area contributed by atoms with Crippen LogP contribution in [0.2, 0.25) is 0 Å². The molecule has 27 heavy (non-hydrogen) atoms. The summed E-state index contributed by atoms with van der Waals surface area (Å²) >= 11 is 0. The fourth-order valence-corrected chi connectivity index (χ4v) is 2.51. The number of esters is 1. The van der Waals surface area contributed by atoms with E-state index in [1.54, 1.807) is 24.3 Å². The molecule has 0 bridgehead atoms. The van der Waals surface area contributed by atoms with Gasteiger partial charge in [-0.25, -0.2) is 9.78 Å². The third-order valence-electron chi connectivity index (χ3n) is 3.86. The third kappa shape index (κ3) is 3.66. The van der Waals surface area contributed by atoms with E-state index in [1.165, 1.54) is 32.0 Å². The number of methoxy groups -OCH3 is 1. The molecule has 140 valence electrons. The molecule has 3 aromatic rings. The SMILES string of the molecule is COc1ccc(NC(=O)COC(=O)c2c(C)oc3ncn(C)c(=O)c23)cc1. The van der Waals surface area contributed by atoms with E-state index in [4.69, 9.17) is 13.9 Å². The Morgan fingerprint density at radius 1 is 1.26 bits per heavy atom. The molecule has 0 spiro atoms. The minimum absolute atomic E-state index is 0.0260. The van der Waals surface area contributed by atoms with E-state index < -0.39 is 24.0 Å². The molecule has 0 radical (unpaired) electrons. The number of aryl methyl sites for hydroxylation is 2. The average Bonchev–Trinajstić information content (AvgIpc) is 3.00. The van der Waals surface area contributed by atoms with Crippen LogP contribution in [0.15, 0.2) is 39.8 Å². The fraction of sp³-hybridized carbons (Fsp3) is 0.222. The maximum atomic E-state index is 12.4. The zero-order chi connectivity index (χ0) is 19.6. The number of rotatable bonds is 5. The zero-order valence-electron chi connectivity index (χ0n) is 14.9. The molecule has 0 aliphatic carbocycles. The van der Waals surface area contributed by atoms with Crippen LogP contribution in [0.1, 0.15) is 16.1 Å². The molecule has 3 rings (SSSR count). The monoisotopic (exact) mass is 371 g/mol. The minimum Gasteiger partial charge on any atom is -0.497 e. The van der Waals surface area contributed by atoms with Crippen molar-refractivity contribution in [3.63, 3.8) is 0 Å². The number of hydrogen-bond acceptors (Lipinski definition) is 7. The fourth-order valence-electron chi connectivity index (χ4n) is 2.51. The Morgan fingerprint density at radius 3 is 2.63 bits per heavy atom. The molecule has 9 nitrogen and oxygen atoms in total. The van der Waals surface area contributed by atoms with Crippen LogP contribution in [0.25, 0.3) is 11.1 Å². The van der Waals surface area contributed by atoms with Crippen LogP contribution < -0.4 is 15.6 Å². The van der Waals surface area contributed by atoms with Gasteiger partial charge in [0, 0.05) is 12.7 Å². The molecular formula is C18H17N3O6. The second-order valence-electron chi connectivity index (χ2n) is 5.73. The molecule has 2 heterocycles. The molecule has 0 atom stereocenters. The maximum absolute atomic E-state index is 12.4. The van der Waals surface area contributed by atoms with E-state index in [0.29, 0.717) is 11.4 Å². The number of amides is 1. The van der Waals surface area contributed by atoms with E-state index in [9.17, 15) is 14.4 Å². The Balaban J connectivity index is 1.71. The van der Waals surface area contributed by atoms with Gasteiger partial charge in [-0.3, -0.25) is 9.59 Å². The minimum atomic E-state index is -0.832. The highest BCUT2D eigenvalue weighted by atomic mass is 16.5. The van der Waals surface area contributed by atoms with Gasteiger partial charge >= 0.3 is 5.97 Å². The van der Waals surface area contributed by atoms with Crippen molar-refractivity contribution in [2.24, 2.45) is 7.05 Å². The molecule has 0 saturated heterocycles. The van der Waals surface area contributed by atoms with Crippen LogP contribution in [0.5, 0.6) is 5.75 Å². The second-order valence-corrected chi connectivity index (χ2v) is 5.73. The van der Waals surface area contributed by atoms with Gasteiger partial charge in [0.1, 0.15) is 28.8 Å². The molecule has 0 saturated carbocycles. The van der Waals surface area contributed by atoms with Gasteiger partial charge in [-0.2, -0.15) is 0 Å². The van der Waals surface area contributed by atoms with Crippen molar-refractivity contribution in [3.8, 4) is 5.75 Å². The Bertz CT molecular complexity index is 1070. The molecule has 2 aromatic heterocycles. The summed E-state index contributed by atoms with van der Waals surface area (Å²) in [5, 5.41) is 2.62. The summed E-state index contributed by atoms with van der Waals surface area (Å²) in [6.45, 7) is 1.01. The zero-order valence-corrected chi connectivity index (χ0v) is 14.9. The smallest absolute Gasteiger partial charge is 0.343 e. The molecule has 0 fully saturated rings. The molecule has 0 aliphatic heterocycles. The van der Waals surface area contributed by atoms with E-state index in [2.05, 4.69) is 10.3 Å². The van der Waals surface area contributed by atoms with Crippen molar-refractivity contribution < 1.29 is 23.5 Å². The average molecular weight is 371 g/mol. The summed E-state index contributed by atoms with van der Waals surface area (Å²) in [6.07, 6.45) is 1.30. The van der Waals surface area contributed by atoms with Gasteiger partial charge < -0.3 is 23.8 Å². The van der Waals surface area contributed by atoms with E-state index in [1.807, 2.05) is 0 Å². The normalized spacial score (nSPS) is 10.6. The summed E-state index contributed by atoms with van der Waals surface area (Å²) in [6, 6.07) is 6.68. The Kier molecular flexibility index (Phi) is 4.93. The molecule has 1 N–H and O–H groups in total. The van der Waals surface area contributed by atoms with Gasteiger partial charge in [0.25, 0.3) is 11.5 Å². The molecule has 9 heteroatoms. The van der Waals surface area contributed by atoms with Crippen molar-refractivity contribution in [1.82, 2.24) is 9.55 Å². The lowest BCUT2D eigenvalue weighted by Crippen LogP contribution is -2.22. The first-order valence-electron chi connectivity index (χ1n) is 7.96. The summed E-state index contributed by atoms with van der Waals surface area (Å²) < 4.78 is 16.6. The maximum Gasteiger partial charge on any atom is 0.343 e. The summed E-state index contributed by atoms with van der Waals surface area (Å²) in [4.78, 5) is 40.6. The number of anilines is 1. The van der Waals surface area contributed by atoms with Crippen molar-refractivity contribution in [2.75, 3.05) is 19.0 Å². The topological polar surface area (TPSA) is 113 Å². The Hall–Kier alpha value is -3.62. The number of benzene rings is 1.